The molecule has 16 heavy (non-hydrogen) atoms. The van der Waals surface area contributed by atoms with Gasteiger partial charge in [-0.2, -0.15) is 0 Å². The molecule has 0 fully saturated rings. The number of halogens is 1. The summed E-state index contributed by atoms with van der Waals surface area (Å²) < 4.78 is 0.852. The summed E-state index contributed by atoms with van der Waals surface area (Å²) in [6.45, 7) is 0.704. The third-order valence-electron chi connectivity index (χ3n) is 2.11. The Kier molecular flexibility index (Phi) is 3.36. The van der Waals surface area contributed by atoms with Gasteiger partial charge in [0.1, 0.15) is 12.1 Å². The van der Waals surface area contributed by atoms with E-state index in [1.165, 1.54) is 6.33 Å². The maximum absolute atomic E-state index is 5.61. The van der Waals surface area contributed by atoms with Crippen LogP contribution in [0.3, 0.4) is 0 Å². The van der Waals surface area contributed by atoms with Crippen LogP contribution in [-0.4, -0.2) is 9.97 Å². The summed E-state index contributed by atoms with van der Waals surface area (Å²) in [5, 5.41) is 3.21. The zero-order chi connectivity index (χ0) is 11.4. The summed E-state index contributed by atoms with van der Waals surface area (Å²) in [5.74, 6) is 0.784. The van der Waals surface area contributed by atoms with Crippen molar-refractivity contribution < 1.29 is 0 Å². The molecule has 1 heterocycles. The molecule has 0 aliphatic carbocycles. The number of nitrogens with one attached hydrogen (secondary N) is 1. The van der Waals surface area contributed by atoms with Gasteiger partial charge in [0.2, 0.25) is 0 Å². The molecule has 4 nitrogen and oxygen atoms in total. The highest BCUT2D eigenvalue weighted by Crippen LogP contribution is 2.18. The molecule has 0 saturated heterocycles. The van der Waals surface area contributed by atoms with Crippen LogP contribution in [0.15, 0.2) is 41.3 Å². The Morgan fingerprint density at radius 2 is 2.00 bits per heavy atom. The van der Waals surface area contributed by atoms with Crippen LogP contribution in [-0.2, 0) is 6.54 Å². The maximum atomic E-state index is 5.61. The van der Waals surface area contributed by atoms with E-state index in [9.17, 15) is 0 Å². The molecule has 0 saturated carbocycles. The Morgan fingerprint density at radius 3 is 2.69 bits per heavy atom. The minimum Gasteiger partial charge on any atom is -0.399 e. The molecule has 0 amide bonds. The topological polar surface area (TPSA) is 63.8 Å². The number of hydrogen-bond acceptors (Lipinski definition) is 4. The van der Waals surface area contributed by atoms with Crippen LogP contribution in [0.1, 0.15) is 5.56 Å². The van der Waals surface area contributed by atoms with Crippen LogP contribution in [0.2, 0.25) is 0 Å². The van der Waals surface area contributed by atoms with Crippen molar-refractivity contribution >= 4 is 27.4 Å². The highest BCUT2D eigenvalue weighted by Gasteiger charge is 1.99. The molecule has 0 aliphatic rings. The van der Waals surface area contributed by atoms with Crippen molar-refractivity contribution in [2.75, 3.05) is 11.1 Å². The molecule has 0 bridgehead atoms. The monoisotopic (exact) mass is 278 g/mol. The van der Waals surface area contributed by atoms with Crippen molar-refractivity contribution in [1.29, 1.82) is 0 Å². The number of anilines is 2. The molecule has 5 heteroatoms. The van der Waals surface area contributed by atoms with Crippen molar-refractivity contribution in [2.45, 2.75) is 6.54 Å². The van der Waals surface area contributed by atoms with Gasteiger partial charge >= 0.3 is 0 Å². The third kappa shape index (κ3) is 2.70. The second-order valence-electron chi connectivity index (χ2n) is 3.31. The van der Waals surface area contributed by atoms with Crippen molar-refractivity contribution in [3.63, 3.8) is 0 Å². The molecule has 0 aliphatic heterocycles. The molecular formula is C11H11BrN4. The lowest BCUT2D eigenvalue weighted by Gasteiger charge is -2.06. The number of nitrogens with two attached hydrogens (primary N) is 1. The zero-order valence-electron chi connectivity index (χ0n) is 8.52. The van der Waals surface area contributed by atoms with Crippen molar-refractivity contribution in [3.8, 4) is 0 Å². The van der Waals surface area contributed by atoms with Gasteiger partial charge in [-0.05, 0) is 33.6 Å². The lowest BCUT2D eigenvalue weighted by Crippen LogP contribution is -2.02. The Balaban J connectivity index is 2.02. The first kappa shape index (κ1) is 10.9. The van der Waals surface area contributed by atoms with Gasteiger partial charge in [-0.25, -0.2) is 9.97 Å². The van der Waals surface area contributed by atoms with E-state index in [0.29, 0.717) is 6.54 Å². The van der Waals surface area contributed by atoms with Crippen LogP contribution >= 0.6 is 15.9 Å². The minimum absolute atomic E-state index is 0.704. The van der Waals surface area contributed by atoms with Gasteiger partial charge in [-0.15, -0.1) is 0 Å². The maximum Gasteiger partial charge on any atom is 0.144 e. The van der Waals surface area contributed by atoms with Crippen LogP contribution < -0.4 is 11.1 Å². The third-order valence-corrected chi connectivity index (χ3v) is 2.69. The highest BCUT2D eigenvalue weighted by atomic mass is 79.9. The SMILES string of the molecule is Nc1ccc(CNc2ncncc2Br)cc1. The lowest BCUT2D eigenvalue weighted by molar-refractivity contribution is 1.07. The molecule has 0 radical (unpaired) electrons. The standard InChI is InChI=1S/C11H11BrN4/c12-10-6-14-7-16-11(10)15-5-8-1-3-9(13)4-2-8/h1-4,6-7H,5,13H2,(H,14,15,16). The van der Waals surface area contributed by atoms with Crippen molar-refractivity contribution in [3.05, 3.63) is 46.8 Å². The Bertz CT molecular complexity index is 470. The molecule has 2 rings (SSSR count). The Hall–Kier alpha value is -1.62. The molecule has 1 aromatic heterocycles. The molecular weight excluding hydrogens is 268 g/mol. The predicted molar refractivity (Wildman–Crippen MR) is 67.9 cm³/mol. The van der Waals surface area contributed by atoms with Crippen LogP contribution in [0.5, 0.6) is 0 Å². The van der Waals surface area contributed by atoms with Gasteiger partial charge in [-0.3, -0.25) is 0 Å². The second-order valence-corrected chi connectivity index (χ2v) is 4.17. The van der Waals surface area contributed by atoms with Crippen LogP contribution in [0, 0.1) is 0 Å². The summed E-state index contributed by atoms with van der Waals surface area (Å²) in [6, 6.07) is 7.73. The molecule has 1 aromatic carbocycles. The summed E-state index contributed by atoms with van der Waals surface area (Å²) >= 11 is 3.37. The largest absolute Gasteiger partial charge is 0.399 e. The molecule has 2 aromatic rings. The van der Waals surface area contributed by atoms with E-state index >= 15 is 0 Å². The minimum atomic E-state index is 0.704. The fraction of sp³-hybridized carbons (Fsp3) is 0.0909. The van der Waals surface area contributed by atoms with Gasteiger partial charge in [-0.1, -0.05) is 12.1 Å². The number of aromatic nitrogens is 2. The first-order valence-electron chi connectivity index (χ1n) is 4.79. The van der Waals surface area contributed by atoms with E-state index in [2.05, 4.69) is 31.2 Å². The highest BCUT2D eigenvalue weighted by molar-refractivity contribution is 9.10. The van der Waals surface area contributed by atoms with Gasteiger partial charge in [0, 0.05) is 18.4 Å². The number of rotatable bonds is 3. The number of benzene rings is 1. The van der Waals surface area contributed by atoms with E-state index in [-0.39, 0.29) is 0 Å². The first-order valence-corrected chi connectivity index (χ1v) is 5.59. The normalized spacial score (nSPS) is 10.1. The van der Waals surface area contributed by atoms with E-state index in [4.69, 9.17) is 5.73 Å². The van der Waals surface area contributed by atoms with Gasteiger partial charge in [0.15, 0.2) is 0 Å². The summed E-state index contributed by atoms with van der Waals surface area (Å²) in [4.78, 5) is 8.01. The molecule has 82 valence electrons. The quantitative estimate of drug-likeness (QED) is 0.847. The predicted octanol–water partition coefficient (Wildman–Crippen LogP) is 2.43. The molecule has 3 N–H and O–H groups in total. The molecule has 0 unspecified atom stereocenters. The summed E-state index contributed by atoms with van der Waals surface area (Å²) in [7, 11) is 0. The zero-order valence-corrected chi connectivity index (χ0v) is 10.1. The van der Waals surface area contributed by atoms with E-state index in [1.54, 1.807) is 6.20 Å². The van der Waals surface area contributed by atoms with Gasteiger partial charge in [0.05, 0.1) is 4.47 Å². The summed E-state index contributed by atoms with van der Waals surface area (Å²) in [5.41, 5.74) is 7.53. The van der Waals surface area contributed by atoms with Gasteiger partial charge < -0.3 is 11.1 Å². The smallest absolute Gasteiger partial charge is 0.144 e. The van der Waals surface area contributed by atoms with E-state index < -0.39 is 0 Å². The Morgan fingerprint density at radius 1 is 1.25 bits per heavy atom. The van der Waals surface area contributed by atoms with Crippen molar-refractivity contribution in [1.82, 2.24) is 9.97 Å². The number of nitrogens with zero attached hydrogens (tertiary/aromatic N) is 2. The number of hydrogen-bond donors (Lipinski definition) is 2. The Labute approximate surface area is 102 Å². The number of nitrogen functional groups attached to an aromatic ring is 1. The summed E-state index contributed by atoms with van der Waals surface area (Å²) in [6.07, 6.45) is 3.22. The van der Waals surface area contributed by atoms with E-state index in [1.807, 2.05) is 24.3 Å². The van der Waals surface area contributed by atoms with Crippen LogP contribution in [0.4, 0.5) is 11.5 Å². The molecule has 0 atom stereocenters. The van der Waals surface area contributed by atoms with E-state index in [0.717, 1.165) is 21.5 Å². The second kappa shape index (κ2) is 4.94. The van der Waals surface area contributed by atoms with Crippen molar-refractivity contribution in [2.24, 2.45) is 0 Å². The first-order chi connectivity index (χ1) is 7.75. The van der Waals surface area contributed by atoms with Gasteiger partial charge in [0.25, 0.3) is 0 Å². The average molecular weight is 279 g/mol. The fourth-order valence-corrected chi connectivity index (χ4v) is 1.62. The molecule has 0 spiro atoms. The lowest BCUT2D eigenvalue weighted by atomic mass is 10.2. The van der Waals surface area contributed by atoms with Crippen LogP contribution in [0.25, 0.3) is 0 Å². The fourth-order valence-electron chi connectivity index (χ4n) is 1.26. The average Bonchev–Trinajstić information content (AvgIpc) is 2.30.